The lowest BCUT2D eigenvalue weighted by Gasteiger charge is -2.13. The summed E-state index contributed by atoms with van der Waals surface area (Å²) in [6, 6.07) is 26.8. The first-order valence-electron chi connectivity index (χ1n) is 16.3. The highest BCUT2D eigenvalue weighted by atomic mass is 35.5. The predicted molar refractivity (Wildman–Crippen MR) is 213 cm³/mol. The van der Waals surface area contributed by atoms with Crippen molar-refractivity contribution in [3.05, 3.63) is 140 Å². The summed E-state index contributed by atoms with van der Waals surface area (Å²) >= 11 is 26.9. The first kappa shape index (κ1) is 36.3. The number of rotatable bonds is 11. The summed E-state index contributed by atoms with van der Waals surface area (Å²) in [5.74, 6) is 0.729. The first-order chi connectivity index (χ1) is 26.2. The van der Waals surface area contributed by atoms with E-state index < -0.39 is 0 Å². The monoisotopic (exact) mass is 830 g/mol. The number of aryl methyl sites for hydroxylation is 2. The Balaban J connectivity index is 1.20. The molecular weight excluding hydrogens is 806 g/mol. The van der Waals surface area contributed by atoms with Crippen LogP contribution in [-0.4, -0.2) is 60.0 Å². The molecule has 0 spiro atoms. The molecule has 12 nitrogen and oxygen atoms in total. The zero-order valence-corrected chi connectivity index (χ0v) is 33.0. The van der Waals surface area contributed by atoms with Crippen LogP contribution in [0.25, 0.3) is 34.2 Å². The Bertz CT molecular complexity index is 2410. The maximum Gasteiger partial charge on any atom is 0.209 e. The third-order valence-corrected chi connectivity index (χ3v) is 11.8. The number of hydrogen-bond acceptors (Lipinski definition) is 10. The van der Waals surface area contributed by atoms with Crippen LogP contribution in [-0.2, 0) is 13.1 Å². The SMILES string of the molecule is Cc1cccc(Cn2nnc(-c3cnn(-c4c(Cl)cccc4Cl)c3SSc3c(-c4nnn(Cc5cccc(C)c5)n4)cnn3-c3c(Cl)cccc3Cl)n2)c1. The van der Waals surface area contributed by atoms with E-state index in [9.17, 15) is 0 Å². The molecule has 0 saturated carbocycles. The van der Waals surface area contributed by atoms with E-state index in [1.54, 1.807) is 67.7 Å². The molecule has 0 fully saturated rings. The van der Waals surface area contributed by atoms with E-state index in [1.807, 2.05) is 50.2 Å². The second-order valence-electron chi connectivity index (χ2n) is 12.1. The van der Waals surface area contributed by atoms with Gasteiger partial charge >= 0.3 is 0 Å². The minimum atomic E-state index is 0.365. The Kier molecular flexibility index (Phi) is 10.5. The van der Waals surface area contributed by atoms with E-state index in [4.69, 9.17) is 66.8 Å². The largest absolute Gasteiger partial charge is 0.223 e. The maximum absolute atomic E-state index is 6.73. The topological polar surface area (TPSA) is 123 Å². The molecule has 0 saturated heterocycles. The number of tetrazole rings is 2. The van der Waals surface area contributed by atoms with E-state index >= 15 is 0 Å². The van der Waals surface area contributed by atoms with Gasteiger partial charge in [0.25, 0.3) is 0 Å². The van der Waals surface area contributed by atoms with Crippen LogP contribution >= 0.6 is 68.0 Å². The van der Waals surface area contributed by atoms with Gasteiger partial charge in [-0.1, -0.05) is 118 Å². The quantitative estimate of drug-likeness (QED) is 0.117. The van der Waals surface area contributed by atoms with Crippen molar-refractivity contribution < 1.29 is 0 Å². The molecule has 0 bridgehead atoms. The molecule has 54 heavy (non-hydrogen) atoms. The van der Waals surface area contributed by atoms with Gasteiger partial charge in [-0.3, -0.25) is 0 Å². The first-order valence-corrected chi connectivity index (χ1v) is 19.9. The van der Waals surface area contributed by atoms with Gasteiger partial charge in [-0.05, 0) is 81.3 Å². The minimum Gasteiger partial charge on any atom is -0.223 e. The van der Waals surface area contributed by atoms with Gasteiger partial charge in [0.15, 0.2) is 0 Å². The van der Waals surface area contributed by atoms with Crippen LogP contribution in [0, 0.1) is 13.8 Å². The van der Waals surface area contributed by atoms with E-state index in [0.29, 0.717) is 77.4 Å². The van der Waals surface area contributed by atoms with E-state index in [0.717, 1.165) is 22.3 Å². The van der Waals surface area contributed by atoms with Crippen LogP contribution in [0.5, 0.6) is 0 Å². The van der Waals surface area contributed by atoms with Crippen molar-refractivity contribution in [2.75, 3.05) is 0 Å². The van der Waals surface area contributed by atoms with Crippen LogP contribution in [0.4, 0.5) is 0 Å². The van der Waals surface area contributed by atoms with Crippen molar-refractivity contribution in [1.82, 2.24) is 60.0 Å². The molecule has 0 atom stereocenters. The zero-order valence-electron chi connectivity index (χ0n) is 28.3. The van der Waals surface area contributed by atoms with Crippen molar-refractivity contribution >= 4 is 68.0 Å². The lowest BCUT2D eigenvalue weighted by molar-refractivity contribution is 0.572. The second-order valence-corrected chi connectivity index (χ2v) is 15.9. The third-order valence-electron chi connectivity index (χ3n) is 8.15. The number of benzene rings is 4. The molecule has 0 N–H and O–H groups in total. The minimum absolute atomic E-state index is 0.365. The van der Waals surface area contributed by atoms with Crippen molar-refractivity contribution in [1.29, 1.82) is 0 Å². The molecule has 0 amide bonds. The average molecular weight is 833 g/mol. The Morgan fingerprint density at radius 3 is 1.31 bits per heavy atom. The number of nitrogens with zero attached hydrogens (tertiary/aromatic N) is 12. The summed E-state index contributed by atoms with van der Waals surface area (Å²) in [5, 5.41) is 39.3. The number of para-hydroxylation sites is 2. The summed E-state index contributed by atoms with van der Waals surface area (Å²) in [6.45, 7) is 4.96. The van der Waals surface area contributed by atoms with Crippen molar-refractivity contribution in [2.45, 2.75) is 37.0 Å². The van der Waals surface area contributed by atoms with Crippen LogP contribution in [0.1, 0.15) is 22.3 Å². The van der Waals surface area contributed by atoms with Crippen LogP contribution in [0.15, 0.2) is 107 Å². The Labute approximate surface area is 336 Å². The smallest absolute Gasteiger partial charge is 0.209 e. The number of aromatic nitrogens is 12. The molecule has 8 rings (SSSR count). The zero-order chi connectivity index (χ0) is 37.3. The van der Waals surface area contributed by atoms with Crippen molar-refractivity contribution in [2.24, 2.45) is 0 Å². The molecular formula is C36H26Cl4N12S2. The summed E-state index contributed by atoms with van der Waals surface area (Å²) in [4.78, 5) is 3.09. The molecule has 4 heterocycles. The second kappa shape index (κ2) is 15.6. The van der Waals surface area contributed by atoms with E-state index in [1.165, 1.54) is 21.6 Å². The lowest BCUT2D eigenvalue weighted by Crippen LogP contribution is -2.04. The molecule has 18 heteroatoms. The van der Waals surface area contributed by atoms with Gasteiger partial charge in [0.05, 0.1) is 56.7 Å². The summed E-state index contributed by atoms with van der Waals surface area (Å²) in [6.07, 6.45) is 3.33. The average Bonchev–Trinajstić information content (AvgIpc) is 3.95. The van der Waals surface area contributed by atoms with Gasteiger partial charge in [0, 0.05) is 0 Å². The van der Waals surface area contributed by atoms with Crippen LogP contribution in [0.3, 0.4) is 0 Å². The molecule has 4 aromatic carbocycles. The van der Waals surface area contributed by atoms with Gasteiger partial charge in [0.2, 0.25) is 11.6 Å². The van der Waals surface area contributed by atoms with Crippen LogP contribution in [0.2, 0.25) is 20.1 Å². The molecule has 0 aliphatic heterocycles. The fourth-order valence-corrected chi connectivity index (χ4v) is 9.30. The van der Waals surface area contributed by atoms with Gasteiger partial charge in [-0.15, -0.1) is 20.4 Å². The van der Waals surface area contributed by atoms with Crippen molar-refractivity contribution in [3.63, 3.8) is 0 Å². The van der Waals surface area contributed by atoms with Gasteiger partial charge < -0.3 is 0 Å². The molecule has 0 aliphatic carbocycles. The maximum atomic E-state index is 6.73. The molecule has 270 valence electrons. The summed E-state index contributed by atoms with van der Waals surface area (Å²) in [5.41, 5.74) is 6.56. The van der Waals surface area contributed by atoms with E-state index in [-0.39, 0.29) is 0 Å². The van der Waals surface area contributed by atoms with Gasteiger partial charge in [-0.2, -0.15) is 19.8 Å². The highest BCUT2D eigenvalue weighted by Crippen LogP contribution is 2.47. The summed E-state index contributed by atoms with van der Waals surface area (Å²) < 4.78 is 3.33. The van der Waals surface area contributed by atoms with Crippen LogP contribution < -0.4 is 0 Å². The Morgan fingerprint density at radius 1 is 0.537 bits per heavy atom. The van der Waals surface area contributed by atoms with Crippen molar-refractivity contribution in [3.8, 4) is 34.2 Å². The Morgan fingerprint density at radius 2 is 0.926 bits per heavy atom. The molecule has 8 aromatic rings. The normalized spacial score (nSPS) is 11.4. The highest BCUT2D eigenvalue weighted by molar-refractivity contribution is 8.76. The predicted octanol–water partition coefficient (Wildman–Crippen LogP) is 9.49. The molecule has 4 aromatic heterocycles. The number of halogens is 4. The highest BCUT2D eigenvalue weighted by Gasteiger charge is 2.26. The molecule has 0 aliphatic rings. The summed E-state index contributed by atoms with van der Waals surface area (Å²) in [7, 11) is 2.71. The third kappa shape index (κ3) is 7.50. The fraction of sp³-hybridized carbons (Fsp3) is 0.111. The standard InChI is InChI=1S/C36H26Cl4N12S2/c1-21-7-3-9-23(15-21)19-49-45-33(43-47-49)25-17-41-51(31-27(37)11-5-12-28(31)38)35(25)53-54-36-26(18-42-52(36)32-29(39)13-6-14-30(32)40)34-44-48-50(46-34)20-24-10-4-8-22(2)16-24/h3-18H,19-20H2,1-2H3. The van der Waals surface area contributed by atoms with Gasteiger partial charge in [-0.25, -0.2) is 9.36 Å². The van der Waals surface area contributed by atoms with E-state index in [2.05, 4.69) is 32.8 Å². The number of hydrogen-bond donors (Lipinski definition) is 0. The fourth-order valence-electron chi connectivity index (χ4n) is 5.71. The molecule has 0 unspecified atom stereocenters. The Hall–Kier alpha value is -4.70. The van der Waals surface area contributed by atoms with Gasteiger partial charge in [0.1, 0.15) is 21.4 Å². The molecule has 0 radical (unpaired) electrons. The lowest BCUT2D eigenvalue weighted by atomic mass is 10.1.